The fraction of sp³-hybridized carbons (Fsp3) is 0.125. The maximum atomic E-state index is 4.97. The van der Waals surface area contributed by atoms with Crippen LogP contribution in [0.25, 0.3) is 0 Å². The molecule has 1 aromatic carbocycles. The third-order valence-corrected chi connectivity index (χ3v) is 3.13. The molecule has 0 aliphatic heterocycles. The Bertz CT molecular complexity index is 716. The number of hydrogen-bond donors (Lipinski definition) is 2. The summed E-state index contributed by atoms with van der Waals surface area (Å²) in [5.74, 6) is 0.649. The Morgan fingerprint density at radius 3 is 2.38 bits per heavy atom. The number of pyridine rings is 1. The van der Waals surface area contributed by atoms with Crippen LogP contribution in [0.1, 0.15) is 12.5 Å². The van der Waals surface area contributed by atoms with Crippen molar-refractivity contribution in [2.45, 2.75) is 6.92 Å². The van der Waals surface area contributed by atoms with Crippen molar-refractivity contribution in [3.63, 3.8) is 0 Å². The van der Waals surface area contributed by atoms with Gasteiger partial charge in [0.1, 0.15) is 11.5 Å². The summed E-state index contributed by atoms with van der Waals surface area (Å²) in [7, 11) is 1.70. The van der Waals surface area contributed by atoms with Crippen LogP contribution in [0.2, 0.25) is 0 Å². The second-order valence-corrected chi connectivity index (χ2v) is 4.88. The number of hydrazone groups is 1. The van der Waals surface area contributed by atoms with Gasteiger partial charge in [0, 0.05) is 38.3 Å². The fourth-order valence-electron chi connectivity index (χ4n) is 1.71. The van der Waals surface area contributed by atoms with Crippen molar-refractivity contribution in [2.75, 3.05) is 12.5 Å². The van der Waals surface area contributed by atoms with Crippen molar-refractivity contribution < 1.29 is 19.5 Å². The molecule has 0 saturated heterocycles. The Morgan fingerprint density at radius 2 is 1.75 bits per heavy atom. The maximum absolute atomic E-state index is 4.97. The van der Waals surface area contributed by atoms with Gasteiger partial charge >= 0.3 is 0 Å². The summed E-state index contributed by atoms with van der Waals surface area (Å²) in [4.78, 5) is 4.18. The molecule has 120 valence electrons. The molecule has 0 radical (unpaired) electrons. The molecule has 0 aliphatic carbocycles. The van der Waals surface area contributed by atoms with E-state index in [2.05, 4.69) is 31.0 Å². The predicted molar refractivity (Wildman–Crippen MR) is 97.8 cm³/mol. The molecule has 0 bridgehead atoms. The standard InChI is InChI=1S/C16H18N6S.Zn/c1-12(19-22-16(23)17-2)15(13-8-4-3-5-9-13)21-20-14-10-6-7-11-18-14;/h3-11H,1-2H3,(H,18,20)(H2,17,22,23);/p-1/b19-12+,21-15-;. The van der Waals surface area contributed by atoms with Crippen LogP contribution in [0, 0.1) is 0 Å². The maximum Gasteiger partial charge on any atom is 0.146 e. The van der Waals surface area contributed by atoms with Gasteiger partial charge in [-0.2, -0.15) is 15.3 Å². The van der Waals surface area contributed by atoms with Crippen LogP contribution in [0.5, 0.6) is 0 Å². The molecule has 0 fully saturated rings. The molecule has 6 nitrogen and oxygen atoms in total. The molecular weight excluding hydrogens is 374 g/mol. The minimum absolute atomic E-state index is 0. The molecule has 8 heteroatoms. The average molecular weight is 391 g/mol. The monoisotopic (exact) mass is 389 g/mol. The van der Waals surface area contributed by atoms with Gasteiger partial charge in [-0.05, 0) is 24.2 Å². The summed E-state index contributed by atoms with van der Waals surface area (Å²) in [5, 5.41) is 15.5. The van der Waals surface area contributed by atoms with E-state index in [0.717, 1.165) is 5.56 Å². The van der Waals surface area contributed by atoms with Crippen LogP contribution in [-0.4, -0.2) is 28.6 Å². The quantitative estimate of drug-likeness (QED) is 0.270. The Labute approximate surface area is 159 Å². The SMILES string of the molecule is CN/C([S-])=N/N=C(C)/C(=N/Nc1ccccn1)c1ccccc1.[Zn]. The van der Waals surface area contributed by atoms with E-state index in [0.29, 0.717) is 22.4 Å². The first-order chi connectivity index (χ1) is 11.2. The van der Waals surface area contributed by atoms with Crippen molar-refractivity contribution in [3.05, 3.63) is 60.3 Å². The van der Waals surface area contributed by atoms with Crippen LogP contribution < -0.4 is 10.7 Å². The molecule has 1 aromatic heterocycles. The third-order valence-electron chi connectivity index (χ3n) is 2.84. The van der Waals surface area contributed by atoms with E-state index in [4.69, 9.17) is 12.6 Å². The second kappa shape index (κ2) is 10.6. The van der Waals surface area contributed by atoms with Crippen molar-refractivity contribution in [1.82, 2.24) is 10.3 Å². The molecule has 2 N–H and O–H groups in total. The number of nitrogens with zero attached hydrogens (tertiary/aromatic N) is 4. The minimum Gasteiger partial charge on any atom is -0.741 e. The van der Waals surface area contributed by atoms with Gasteiger partial charge in [0.15, 0.2) is 0 Å². The van der Waals surface area contributed by atoms with Crippen molar-refractivity contribution >= 4 is 35.0 Å². The zero-order valence-corrected chi connectivity index (χ0v) is 17.4. The summed E-state index contributed by atoms with van der Waals surface area (Å²) in [6, 6.07) is 15.3. The summed E-state index contributed by atoms with van der Waals surface area (Å²) in [5.41, 5.74) is 5.15. The fourth-order valence-corrected chi connectivity index (χ4v) is 1.75. The number of rotatable bonds is 5. The van der Waals surface area contributed by atoms with E-state index in [1.54, 1.807) is 13.2 Å². The van der Waals surface area contributed by atoms with Gasteiger partial charge in [-0.25, -0.2) is 4.98 Å². The van der Waals surface area contributed by atoms with Crippen LogP contribution in [0.15, 0.2) is 70.0 Å². The topological polar surface area (TPSA) is 74.0 Å². The smallest absolute Gasteiger partial charge is 0.146 e. The summed E-state index contributed by atoms with van der Waals surface area (Å²) >= 11 is 4.97. The summed E-state index contributed by atoms with van der Waals surface area (Å²) < 4.78 is 0. The number of anilines is 1. The molecular formula is C16H17N6SZn-. The van der Waals surface area contributed by atoms with Crippen molar-refractivity contribution in [2.24, 2.45) is 15.3 Å². The first-order valence-corrected chi connectivity index (χ1v) is 7.39. The summed E-state index contributed by atoms with van der Waals surface area (Å²) in [6.45, 7) is 1.83. The van der Waals surface area contributed by atoms with Gasteiger partial charge in [-0.3, -0.25) is 5.43 Å². The summed E-state index contributed by atoms with van der Waals surface area (Å²) in [6.07, 6.45) is 1.70. The molecule has 0 saturated carbocycles. The van der Waals surface area contributed by atoms with E-state index < -0.39 is 0 Å². The van der Waals surface area contributed by atoms with Crippen LogP contribution in [0.3, 0.4) is 0 Å². The number of amidine groups is 1. The van der Waals surface area contributed by atoms with Gasteiger partial charge in [-0.15, -0.1) is 0 Å². The first-order valence-electron chi connectivity index (χ1n) is 6.98. The van der Waals surface area contributed by atoms with E-state index in [1.807, 2.05) is 55.5 Å². The average Bonchev–Trinajstić information content (AvgIpc) is 2.61. The van der Waals surface area contributed by atoms with Gasteiger partial charge < -0.3 is 17.9 Å². The number of nitrogens with one attached hydrogen (secondary N) is 2. The second-order valence-electron chi connectivity index (χ2n) is 4.49. The van der Waals surface area contributed by atoms with Gasteiger partial charge in [0.25, 0.3) is 0 Å². The van der Waals surface area contributed by atoms with Crippen LogP contribution in [-0.2, 0) is 32.1 Å². The molecule has 0 unspecified atom stereocenters. The molecule has 0 spiro atoms. The van der Waals surface area contributed by atoms with E-state index in [-0.39, 0.29) is 19.5 Å². The van der Waals surface area contributed by atoms with Gasteiger partial charge in [-0.1, -0.05) is 36.4 Å². The van der Waals surface area contributed by atoms with Gasteiger partial charge in [0.2, 0.25) is 0 Å². The molecule has 1 heterocycles. The Morgan fingerprint density at radius 1 is 1.04 bits per heavy atom. The number of benzene rings is 1. The number of aromatic nitrogens is 1. The van der Waals surface area contributed by atoms with Gasteiger partial charge in [0.05, 0.1) is 5.71 Å². The minimum atomic E-state index is 0. The molecule has 0 aliphatic rings. The third kappa shape index (κ3) is 6.14. The molecule has 2 aromatic rings. The molecule has 0 amide bonds. The Kier molecular flexibility index (Phi) is 8.75. The Balaban J connectivity index is 0.00000288. The molecule has 0 atom stereocenters. The van der Waals surface area contributed by atoms with Crippen molar-refractivity contribution in [3.8, 4) is 0 Å². The van der Waals surface area contributed by atoms with E-state index in [9.17, 15) is 0 Å². The van der Waals surface area contributed by atoms with Crippen LogP contribution in [0.4, 0.5) is 5.82 Å². The zero-order valence-electron chi connectivity index (χ0n) is 13.6. The molecule has 2 rings (SSSR count). The molecule has 24 heavy (non-hydrogen) atoms. The largest absolute Gasteiger partial charge is 0.741 e. The van der Waals surface area contributed by atoms with E-state index in [1.165, 1.54) is 0 Å². The zero-order chi connectivity index (χ0) is 16.5. The van der Waals surface area contributed by atoms with Crippen LogP contribution >= 0.6 is 0 Å². The first kappa shape index (κ1) is 19.9. The van der Waals surface area contributed by atoms with Crippen molar-refractivity contribution in [1.29, 1.82) is 0 Å². The normalized spacial score (nSPS) is 12.3. The number of hydrogen-bond acceptors (Lipinski definition) is 6. The predicted octanol–water partition coefficient (Wildman–Crippen LogP) is 2.39. The van der Waals surface area contributed by atoms with E-state index >= 15 is 0 Å². The Hall–Kier alpha value is -2.18.